The summed E-state index contributed by atoms with van der Waals surface area (Å²) in [6.45, 7) is 4.36. The summed E-state index contributed by atoms with van der Waals surface area (Å²) in [6, 6.07) is 19.1. The number of ether oxygens (including phenoxy) is 1. The summed E-state index contributed by atoms with van der Waals surface area (Å²) in [5.74, 6) is 1.17. The molecule has 34 heavy (non-hydrogen) atoms. The summed E-state index contributed by atoms with van der Waals surface area (Å²) < 4.78 is 6.45. The first-order valence-electron chi connectivity index (χ1n) is 11.9. The van der Waals surface area contributed by atoms with Crippen LogP contribution >= 0.6 is 0 Å². The Balaban J connectivity index is 1.62. The number of anilines is 1. The molecule has 1 unspecified atom stereocenters. The van der Waals surface area contributed by atoms with Gasteiger partial charge in [-0.15, -0.1) is 0 Å². The van der Waals surface area contributed by atoms with E-state index in [1.165, 1.54) is 5.56 Å². The molecule has 1 aliphatic heterocycles. The molecule has 4 aromatic rings. The molecule has 6 rings (SSSR count). The minimum Gasteiger partial charge on any atom is -0.437 e. The fraction of sp³-hybridized carbons (Fsp3) is 0.241. The monoisotopic (exact) mass is 446 g/mol. The number of nitrogens with zero attached hydrogens (tertiary/aromatic N) is 2. The molecule has 5 heteroatoms. The highest BCUT2D eigenvalue weighted by molar-refractivity contribution is 5.94. The molecule has 3 N–H and O–H groups in total. The predicted octanol–water partition coefficient (Wildman–Crippen LogP) is 6.22. The molecule has 0 saturated carbocycles. The lowest BCUT2D eigenvalue weighted by Gasteiger charge is -2.29. The maximum atomic E-state index is 10.5. The zero-order valence-corrected chi connectivity index (χ0v) is 19.4. The van der Waals surface area contributed by atoms with E-state index in [2.05, 4.69) is 49.2 Å². The van der Waals surface area contributed by atoms with Gasteiger partial charge in [-0.3, -0.25) is 0 Å². The lowest BCUT2D eigenvalue weighted by atomic mass is 9.80. The number of allylic oxidation sites excluding steroid dienone is 1. The molecule has 2 aliphatic rings. The predicted molar refractivity (Wildman–Crippen MR) is 135 cm³/mol. The Labute approximate surface area is 198 Å². The minimum absolute atomic E-state index is 0.336. The van der Waals surface area contributed by atoms with E-state index in [-0.39, 0.29) is 5.92 Å². The third kappa shape index (κ3) is 3.03. The first-order valence-corrected chi connectivity index (χ1v) is 11.9. The zero-order chi connectivity index (χ0) is 23.4. The molecule has 0 saturated heterocycles. The van der Waals surface area contributed by atoms with Crippen molar-refractivity contribution >= 4 is 22.3 Å². The van der Waals surface area contributed by atoms with E-state index < -0.39 is 0 Å². The number of rotatable bonds is 3. The number of aromatic nitrogens is 2. The Kier molecular flexibility index (Phi) is 4.70. The summed E-state index contributed by atoms with van der Waals surface area (Å²) >= 11 is 0. The third-order valence-corrected chi connectivity index (χ3v) is 7.18. The van der Waals surface area contributed by atoms with Crippen LogP contribution < -0.4 is 10.5 Å². The van der Waals surface area contributed by atoms with Crippen LogP contribution in [0.15, 0.2) is 60.3 Å². The van der Waals surface area contributed by atoms with Gasteiger partial charge in [-0.2, -0.15) is 5.26 Å². The van der Waals surface area contributed by atoms with Gasteiger partial charge in [0.05, 0.1) is 23.1 Å². The Bertz CT molecular complexity index is 1500. The second-order valence-corrected chi connectivity index (χ2v) is 9.48. The summed E-state index contributed by atoms with van der Waals surface area (Å²) in [6.07, 6.45) is 4.78. The molecule has 168 valence electrons. The van der Waals surface area contributed by atoms with Crippen molar-refractivity contribution in [3.05, 3.63) is 93.8 Å². The number of hydrogen-bond acceptors (Lipinski definition) is 4. The fourth-order valence-electron chi connectivity index (χ4n) is 5.37. The number of nitrogens with two attached hydrogens (primary N) is 1. The maximum absolute atomic E-state index is 10.5. The zero-order valence-electron chi connectivity index (χ0n) is 19.4. The van der Waals surface area contributed by atoms with E-state index in [1.54, 1.807) is 0 Å². The number of para-hydroxylation sites is 1. The molecule has 1 aliphatic carbocycles. The first kappa shape index (κ1) is 20.6. The Hall–Kier alpha value is -4.04. The van der Waals surface area contributed by atoms with Gasteiger partial charge in [-0.05, 0) is 47.9 Å². The van der Waals surface area contributed by atoms with Gasteiger partial charge < -0.3 is 15.5 Å². The normalized spacial score (nSPS) is 16.9. The van der Waals surface area contributed by atoms with Crippen molar-refractivity contribution in [1.82, 2.24) is 9.97 Å². The van der Waals surface area contributed by atoms with Gasteiger partial charge >= 0.3 is 0 Å². The molecule has 1 atom stereocenters. The van der Waals surface area contributed by atoms with Gasteiger partial charge in [0.1, 0.15) is 0 Å². The highest BCUT2D eigenvalue weighted by atomic mass is 16.5. The molecular weight excluding hydrogens is 420 g/mol. The van der Waals surface area contributed by atoms with E-state index in [4.69, 9.17) is 15.5 Å². The van der Waals surface area contributed by atoms with Crippen molar-refractivity contribution in [3.63, 3.8) is 0 Å². The molecule has 2 aromatic carbocycles. The summed E-state index contributed by atoms with van der Waals surface area (Å²) in [5, 5.41) is 11.5. The Morgan fingerprint density at radius 3 is 2.68 bits per heavy atom. The lowest BCUT2D eigenvalue weighted by Crippen LogP contribution is -2.20. The third-order valence-electron chi connectivity index (χ3n) is 7.18. The number of nitrogens with one attached hydrogen (secondary N) is 1. The van der Waals surface area contributed by atoms with Crippen LogP contribution in [0.1, 0.15) is 65.6 Å². The number of nitrogen functional groups attached to an aromatic ring is 1. The van der Waals surface area contributed by atoms with Crippen LogP contribution in [0.25, 0.3) is 16.7 Å². The number of benzene rings is 2. The average Bonchev–Trinajstić information content (AvgIpc) is 3.50. The van der Waals surface area contributed by atoms with Crippen molar-refractivity contribution < 1.29 is 4.74 Å². The van der Waals surface area contributed by atoms with Crippen LogP contribution in [0, 0.1) is 11.3 Å². The van der Waals surface area contributed by atoms with E-state index in [9.17, 15) is 5.26 Å². The van der Waals surface area contributed by atoms with Crippen LogP contribution in [0.2, 0.25) is 0 Å². The molecule has 0 amide bonds. The molecular formula is C29H26N4O. The van der Waals surface area contributed by atoms with E-state index in [1.807, 2.05) is 30.5 Å². The van der Waals surface area contributed by atoms with E-state index in [0.717, 1.165) is 63.8 Å². The molecule has 5 nitrogen and oxygen atoms in total. The van der Waals surface area contributed by atoms with Crippen LogP contribution in [-0.2, 0) is 12.8 Å². The smallest absolute Gasteiger partial charge is 0.225 e. The van der Waals surface area contributed by atoms with E-state index in [0.29, 0.717) is 23.1 Å². The van der Waals surface area contributed by atoms with Crippen LogP contribution in [0.5, 0.6) is 5.88 Å². The van der Waals surface area contributed by atoms with Crippen LogP contribution in [0.4, 0.5) is 5.69 Å². The highest BCUT2D eigenvalue weighted by Gasteiger charge is 2.37. The molecule has 0 fully saturated rings. The standard InChI is InChI=1S/C29H26N4O/c1-16(2)17-10-12-18(13-11-17)25-21(14-30)28(22-15-32-23-8-4-3-6-19(22)23)34-29-26(25)27(31)20-7-5-9-24(20)33-29/h3-4,6,8,10-13,15-16,25,32H,5,7,9H2,1-2H3,(H2,31,33). The number of nitriles is 1. The number of aryl methyl sites for hydroxylation is 1. The van der Waals surface area contributed by atoms with Crippen molar-refractivity contribution in [3.8, 4) is 11.9 Å². The van der Waals surface area contributed by atoms with Gasteiger partial charge in [0.25, 0.3) is 0 Å². The number of aromatic amines is 1. The SMILES string of the molecule is CC(C)c1ccc(C2C(C#N)=C(c3c[nH]c4ccccc34)Oc3nc4c(c(N)c32)CCC4)cc1. The average molecular weight is 447 g/mol. The Morgan fingerprint density at radius 2 is 1.91 bits per heavy atom. The fourth-order valence-corrected chi connectivity index (χ4v) is 5.37. The number of H-pyrrole nitrogens is 1. The number of pyridine rings is 1. The van der Waals surface area contributed by atoms with Crippen molar-refractivity contribution in [1.29, 1.82) is 5.26 Å². The van der Waals surface area contributed by atoms with Crippen LogP contribution in [-0.4, -0.2) is 9.97 Å². The second-order valence-electron chi connectivity index (χ2n) is 9.48. The van der Waals surface area contributed by atoms with Gasteiger partial charge in [-0.1, -0.05) is 56.3 Å². The molecule has 0 radical (unpaired) electrons. The van der Waals surface area contributed by atoms with E-state index >= 15 is 0 Å². The summed E-state index contributed by atoms with van der Waals surface area (Å²) in [7, 11) is 0. The van der Waals surface area contributed by atoms with Crippen LogP contribution in [0.3, 0.4) is 0 Å². The molecule has 0 spiro atoms. The van der Waals surface area contributed by atoms with Gasteiger partial charge in [-0.25, -0.2) is 4.98 Å². The molecule has 0 bridgehead atoms. The number of fused-ring (bicyclic) bond motifs is 3. The molecule has 2 aromatic heterocycles. The Morgan fingerprint density at radius 1 is 1.12 bits per heavy atom. The van der Waals surface area contributed by atoms with Crippen molar-refractivity contribution in [2.45, 2.75) is 44.9 Å². The topological polar surface area (TPSA) is 87.7 Å². The van der Waals surface area contributed by atoms with Gasteiger partial charge in [0, 0.05) is 34.0 Å². The maximum Gasteiger partial charge on any atom is 0.225 e. The largest absolute Gasteiger partial charge is 0.437 e. The lowest BCUT2D eigenvalue weighted by molar-refractivity contribution is 0.466. The minimum atomic E-state index is -0.336. The number of hydrogen-bond donors (Lipinski definition) is 2. The summed E-state index contributed by atoms with van der Waals surface area (Å²) in [5.41, 5.74) is 15.1. The first-order chi connectivity index (χ1) is 16.6. The highest BCUT2D eigenvalue weighted by Crippen LogP contribution is 2.50. The van der Waals surface area contributed by atoms with Gasteiger partial charge in [0.2, 0.25) is 5.88 Å². The molecule has 3 heterocycles. The summed E-state index contributed by atoms with van der Waals surface area (Å²) in [4.78, 5) is 8.24. The quantitative estimate of drug-likeness (QED) is 0.391. The van der Waals surface area contributed by atoms with Crippen molar-refractivity contribution in [2.75, 3.05) is 5.73 Å². The second kappa shape index (κ2) is 7.78. The van der Waals surface area contributed by atoms with Gasteiger partial charge in [0.15, 0.2) is 5.76 Å². The van der Waals surface area contributed by atoms with Crippen molar-refractivity contribution in [2.24, 2.45) is 0 Å².